The van der Waals surface area contributed by atoms with E-state index in [9.17, 15) is 4.79 Å². The summed E-state index contributed by atoms with van der Waals surface area (Å²) < 4.78 is 10.8. The molecule has 0 saturated carbocycles. The summed E-state index contributed by atoms with van der Waals surface area (Å²) in [6, 6.07) is 7.92. The van der Waals surface area contributed by atoms with Gasteiger partial charge in [0, 0.05) is 26.2 Å². The Bertz CT molecular complexity index is 491. The smallest absolute Gasteiger partial charge is 0.320 e. The second kappa shape index (κ2) is 6.22. The zero-order valence-corrected chi connectivity index (χ0v) is 12.2. The van der Waals surface area contributed by atoms with Gasteiger partial charge in [0.05, 0.1) is 19.7 Å². The molecule has 0 bridgehead atoms. The molecule has 6 heteroatoms. The van der Waals surface area contributed by atoms with Crippen molar-refractivity contribution in [3.63, 3.8) is 0 Å². The zero-order valence-electron chi connectivity index (χ0n) is 12.2. The van der Waals surface area contributed by atoms with Crippen LogP contribution in [0.2, 0.25) is 0 Å². The Hall–Kier alpha value is -1.95. The molecule has 1 unspecified atom stereocenters. The molecule has 2 aliphatic rings. The van der Waals surface area contributed by atoms with Gasteiger partial charge in [-0.3, -0.25) is 0 Å². The molecule has 1 N–H and O–H groups in total. The lowest BCUT2D eigenvalue weighted by Crippen LogP contribution is -2.49. The Morgan fingerprint density at radius 3 is 2.76 bits per heavy atom. The summed E-state index contributed by atoms with van der Waals surface area (Å²) in [5, 5.41) is 3.33. The van der Waals surface area contributed by atoms with E-state index in [2.05, 4.69) is 5.32 Å². The van der Waals surface area contributed by atoms with Crippen molar-refractivity contribution < 1.29 is 14.3 Å². The molecule has 3 rings (SSSR count). The number of carbonyl (C=O) groups is 1. The minimum absolute atomic E-state index is 0.139. The first-order valence-corrected chi connectivity index (χ1v) is 7.31. The van der Waals surface area contributed by atoms with Gasteiger partial charge in [-0.1, -0.05) is 0 Å². The number of nitrogens with zero attached hydrogens (tertiary/aromatic N) is 2. The van der Waals surface area contributed by atoms with E-state index in [-0.39, 0.29) is 6.03 Å². The lowest BCUT2D eigenvalue weighted by Gasteiger charge is -2.28. The molecule has 0 aromatic heterocycles. The van der Waals surface area contributed by atoms with Crippen molar-refractivity contribution in [2.75, 3.05) is 46.4 Å². The van der Waals surface area contributed by atoms with Crippen LogP contribution in [0.1, 0.15) is 0 Å². The number of ether oxygens (including phenoxy) is 2. The first kappa shape index (κ1) is 14.0. The van der Waals surface area contributed by atoms with E-state index in [1.54, 1.807) is 7.11 Å². The van der Waals surface area contributed by atoms with Crippen LogP contribution in [0.25, 0.3) is 0 Å². The molecule has 6 nitrogen and oxygen atoms in total. The first-order valence-electron chi connectivity index (χ1n) is 7.31. The van der Waals surface area contributed by atoms with E-state index in [4.69, 9.17) is 9.47 Å². The molecule has 1 aromatic carbocycles. The fraction of sp³-hybridized carbons (Fsp3) is 0.533. The van der Waals surface area contributed by atoms with Crippen molar-refractivity contribution in [2.45, 2.75) is 6.04 Å². The number of urea groups is 1. The van der Waals surface area contributed by atoms with Crippen LogP contribution in [0, 0.1) is 0 Å². The predicted octanol–water partition coefficient (Wildman–Crippen LogP) is 0.783. The Morgan fingerprint density at radius 2 is 2.05 bits per heavy atom. The topological polar surface area (TPSA) is 54.0 Å². The fourth-order valence-corrected chi connectivity index (χ4v) is 2.82. The van der Waals surface area contributed by atoms with Crippen molar-refractivity contribution in [3.8, 4) is 11.5 Å². The third kappa shape index (κ3) is 3.05. The van der Waals surface area contributed by atoms with E-state index < -0.39 is 0 Å². The molecule has 2 amide bonds. The van der Waals surface area contributed by atoms with Crippen LogP contribution in [0.5, 0.6) is 11.5 Å². The number of carbonyl (C=O) groups excluding carboxylic acids is 1. The molecule has 1 aromatic rings. The Kier molecular flexibility index (Phi) is 4.15. The van der Waals surface area contributed by atoms with Crippen LogP contribution >= 0.6 is 0 Å². The third-order valence-corrected chi connectivity index (χ3v) is 3.99. The maximum Gasteiger partial charge on any atom is 0.320 e. The normalized spacial score (nSPS) is 21.4. The highest BCUT2D eigenvalue weighted by Gasteiger charge is 2.37. The van der Waals surface area contributed by atoms with Gasteiger partial charge < -0.3 is 24.6 Å². The van der Waals surface area contributed by atoms with Crippen LogP contribution in [0.3, 0.4) is 0 Å². The van der Waals surface area contributed by atoms with Crippen molar-refractivity contribution in [3.05, 3.63) is 24.3 Å². The lowest BCUT2D eigenvalue weighted by atomic mass is 10.2. The number of methoxy groups -OCH3 is 1. The van der Waals surface area contributed by atoms with Crippen molar-refractivity contribution >= 4 is 6.03 Å². The molecular weight excluding hydrogens is 270 g/mol. The molecule has 114 valence electrons. The van der Waals surface area contributed by atoms with E-state index in [1.165, 1.54) is 0 Å². The zero-order chi connectivity index (χ0) is 14.7. The molecule has 21 heavy (non-hydrogen) atoms. The maximum atomic E-state index is 12.2. The number of fused-ring (bicyclic) bond motifs is 1. The number of hydrogen-bond acceptors (Lipinski definition) is 4. The molecule has 2 heterocycles. The monoisotopic (exact) mass is 291 g/mol. The number of nitrogens with one attached hydrogen (secondary N) is 1. The molecule has 0 spiro atoms. The molecular formula is C15H21N3O3. The fourth-order valence-electron chi connectivity index (χ4n) is 2.82. The molecule has 0 aliphatic carbocycles. The van der Waals surface area contributed by atoms with Crippen LogP contribution in [0.4, 0.5) is 4.79 Å². The van der Waals surface area contributed by atoms with E-state index >= 15 is 0 Å². The Morgan fingerprint density at radius 1 is 1.29 bits per heavy atom. The second-order valence-corrected chi connectivity index (χ2v) is 5.30. The number of piperazine rings is 1. The van der Waals surface area contributed by atoms with Gasteiger partial charge >= 0.3 is 6.03 Å². The molecule has 0 radical (unpaired) electrons. The molecule has 1 atom stereocenters. The average Bonchev–Trinajstić information content (AvgIpc) is 2.85. The summed E-state index contributed by atoms with van der Waals surface area (Å²) in [5.74, 6) is 1.60. The van der Waals surface area contributed by atoms with Crippen molar-refractivity contribution in [1.82, 2.24) is 15.1 Å². The van der Waals surface area contributed by atoms with E-state index in [1.807, 2.05) is 34.1 Å². The quantitative estimate of drug-likeness (QED) is 0.871. The first-order chi connectivity index (χ1) is 10.3. The van der Waals surface area contributed by atoms with Gasteiger partial charge in [0.15, 0.2) is 0 Å². The van der Waals surface area contributed by atoms with Gasteiger partial charge in [0.1, 0.15) is 18.1 Å². The Labute approximate surface area is 124 Å². The van der Waals surface area contributed by atoms with Crippen LogP contribution in [0.15, 0.2) is 24.3 Å². The van der Waals surface area contributed by atoms with Gasteiger partial charge in [-0.2, -0.15) is 0 Å². The van der Waals surface area contributed by atoms with Gasteiger partial charge in [0.2, 0.25) is 0 Å². The minimum atomic E-state index is 0.139. The predicted molar refractivity (Wildman–Crippen MR) is 78.8 cm³/mol. The summed E-state index contributed by atoms with van der Waals surface area (Å²) >= 11 is 0. The highest BCUT2D eigenvalue weighted by molar-refractivity contribution is 5.77. The number of hydrogen-bond donors (Lipinski definition) is 1. The highest BCUT2D eigenvalue weighted by Crippen LogP contribution is 2.19. The highest BCUT2D eigenvalue weighted by atomic mass is 16.5. The van der Waals surface area contributed by atoms with Crippen molar-refractivity contribution in [1.29, 1.82) is 0 Å². The van der Waals surface area contributed by atoms with Crippen LogP contribution < -0.4 is 14.8 Å². The average molecular weight is 291 g/mol. The van der Waals surface area contributed by atoms with Gasteiger partial charge in [-0.05, 0) is 24.3 Å². The maximum absolute atomic E-state index is 12.2. The molecule has 2 fully saturated rings. The summed E-state index contributed by atoms with van der Waals surface area (Å²) in [6.07, 6.45) is 0. The Balaban J connectivity index is 1.47. The van der Waals surface area contributed by atoms with E-state index in [0.29, 0.717) is 19.2 Å². The van der Waals surface area contributed by atoms with Crippen molar-refractivity contribution in [2.24, 2.45) is 0 Å². The number of rotatable bonds is 5. The second-order valence-electron chi connectivity index (χ2n) is 5.30. The summed E-state index contributed by atoms with van der Waals surface area (Å²) in [5.41, 5.74) is 0. The van der Waals surface area contributed by atoms with Gasteiger partial charge in [-0.15, -0.1) is 0 Å². The lowest BCUT2D eigenvalue weighted by molar-refractivity contribution is 0.174. The summed E-state index contributed by atoms with van der Waals surface area (Å²) in [6.45, 7) is 4.50. The van der Waals surface area contributed by atoms with Crippen LogP contribution in [-0.4, -0.2) is 68.3 Å². The van der Waals surface area contributed by atoms with Gasteiger partial charge in [0.25, 0.3) is 0 Å². The molecule has 2 aliphatic heterocycles. The summed E-state index contributed by atoms with van der Waals surface area (Å²) in [4.78, 5) is 16.1. The molecule has 2 saturated heterocycles. The van der Waals surface area contributed by atoms with Gasteiger partial charge in [-0.25, -0.2) is 4.79 Å². The largest absolute Gasteiger partial charge is 0.497 e. The summed E-state index contributed by atoms with van der Waals surface area (Å²) in [7, 11) is 1.64. The third-order valence-electron chi connectivity index (χ3n) is 3.99. The SMILES string of the molecule is COc1ccc(OCCN2CC3CNCCN3C2=O)cc1. The number of amides is 2. The van der Waals surface area contributed by atoms with Crippen LogP contribution in [-0.2, 0) is 0 Å². The standard InChI is InChI=1S/C15H21N3O3/c1-20-13-2-4-14(5-3-13)21-9-8-17-11-12-10-16-6-7-18(12)15(17)19/h2-5,12,16H,6-11H2,1H3. The van der Waals surface area contributed by atoms with E-state index in [0.717, 1.165) is 37.7 Å². The number of benzene rings is 1. The minimum Gasteiger partial charge on any atom is -0.497 e.